The maximum absolute atomic E-state index is 14.8. The van der Waals surface area contributed by atoms with Crippen LogP contribution in [0.3, 0.4) is 0 Å². The van der Waals surface area contributed by atoms with Crippen molar-refractivity contribution in [1.82, 2.24) is 4.90 Å². The van der Waals surface area contributed by atoms with Crippen molar-refractivity contribution in [1.29, 1.82) is 0 Å². The summed E-state index contributed by atoms with van der Waals surface area (Å²) in [6, 6.07) is 0. The Morgan fingerprint density at radius 3 is 0.733 bits per heavy atom. The van der Waals surface area contributed by atoms with Crippen LogP contribution in [-0.2, 0) is 10.3 Å². The lowest BCUT2D eigenvalue weighted by Gasteiger charge is -2.37. The third-order valence-corrected chi connectivity index (χ3v) is 6.31. The molecule has 3 aromatic carbocycles. The highest BCUT2D eigenvalue weighted by Crippen LogP contribution is 2.50. The van der Waals surface area contributed by atoms with E-state index < -0.39 is 117 Å². The molecule has 0 spiro atoms. The summed E-state index contributed by atoms with van der Waals surface area (Å²) in [5.41, 5.74) is -15.0. The smallest absolute Gasteiger partial charge is 0.402 e. The third-order valence-electron chi connectivity index (χ3n) is 6.31. The molecule has 3 rings (SSSR count). The molecule has 0 aliphatic rings. The second kappa shape index (κ2) is 14.3. The Morgan fingerprint density at radius 2 is 0.600 bits per heavy atom. The molecule has 0 bridgehead atoms. The van der Waals surface area contributed by atoms with E-state index in [0.29, 0.717) is 0 Å². The Bertz CT molecular complexity index is 1340. The van der Waals surface area contributed by atoms with Crippen LogP contribution in [0.15, 0.2) is 0 Å². The molecule has 0 aromatic heterocycles. The third kappa shape index (κ3) is 6.32. The van der Waals surface area contributed by atoms with Gasteiger partial charge in [0.05, 0.1) is 16.7 Å². The molecule has 0 saturated carbocycles. The zero-order chi connectivity index (χ0) is 34.9. The molecule has 0 heterocycles. The number of rotatable bonds is 8. The van der Waals surface area contributed by atoms with Gasteiger partial charge in [0, 0.05) is 0 Å². The molecule has 0 radical (unpaired) electrons. The van der Waals surface area contributed by atoms with Crippen molar-refractivity contribution in [3.63, 3.8) is 0 Å². The summed E-state index contributed by atoms with van der Waals surface area (Å²) in [6.07, 6.45) is 0. The van der Waals surface area contributed by atoms with E-state index in [1.54, 1.807) is 0 Å². The fourth-order valence-electron chi connectivity index (χ4n) is 4.12. The highest BCUT2D eigenvalue weighted by atomic mass is 19.2. The van der Waals surface area contributed by atoms with E-state index in [0.717, 1.165) is 0 Å². The average Bonchev–Trinajstić information content (AvgIpc) is 3.00. The number of hydrogen-bond donors (Lipinski definition) is 2. The minimum atomic E-state index is -5.43. The molecule has 3 aromatic rings. The number of hydrogen-bond acceptors (Lipinski definition) is 4. The van der Waals surface area contributed by atoms with E-state index in [2.05, 4.69) is 30.3 Å². The summed E-state index contributed by atoms with van der Waals surface area (Å²) in [5.74, 6) is -49.2. The van der Waals surface area contributed by atoms with Gasteiger partial charge in [0.15, 0.2) is 75.4 Å². The molecule has 2 N–H and O–H groups in total. The minimum Gasteiger partial charge on any atom is -0.402 e. The quantitative estimate of drug-likeness (QED) is 0.0956. The number of nitrogens with zero attached hydrogens (tertiary/aromatic N) is 1. The Hall–Kier alpha value is -3.49. The first kappa shape index (κ1) is 37.7. The molecule has 0 fully saturated rings. The van der Waals surface area contributed by atoms with Crippen molar-refractivity contribution in [3.05, 3.63) is 104 Å². The Kier molecular flexibility index (Phi) is 12.0. The fraction of sp³-hybridized carbons (Fsp3) is 0.280. The zero-order valence-electron chi connectivity index (χ0n) is 22.6. The van der Waals surface area contributed by atoms with Gasteiger partial charge in [0.2, 0.25) is 17.5 Å². The van der Waals surface area contributed by atoms with Crippen LogP contribution in [0.2, 0.25) is 0 Å². The molecule has 0 amide bonds. The predicted octanol–water partition coefficient (Wildman–Crippen LogP) is 6.40. The first-order valence-electron chi connectivity index (χ1n) is 12.1. The van der Waals surface area contributed by atoms with E-state index in [1.165, 1.54) is 19.6 Å². The molecule has 4 nitrogen and oxygen atoms in total. The highest BCUT2D eigenvalue weighted by molar-refractivity contribution is 6.33. The van der Waals surface area contributed by atoms with Crippen LogP contribution < -0.4 is 0 Å². The monoisotopic (exact) mass is 675 g/mol. The Morgan fingerprint density at radius 1 is 0.422 bits per heavy atom. The molecule has 0 aliphatic heterocycles. The van der Waals surface area contributed by atoms with Crippen LogP contribution in [0.25, 0.3) is 0 Å². The SMILES string of the molecule is CCN(CC)CC.OB(O)OC(c1c(F)c(F)c(F)c(F)c1F)(c1c(F)c(F)c(F)c(F)c1F)c1c(F)c(F)c(F)c(F)c1F. The van der Waals surface area contributed by atoms with Gasteiger partial charge in [-0.15, -0.1) is 0 Å². The lowest BCUT2D eigenvalue weighted by molar-refractivity contribution is 0.0589. The molecular weight excluding hydrogens is 658 g/mol. The van der Waals surface area contributed by atoms with E-state index in [-0.39, 0.29) is 0 Å². The Balaban J connectivity index is 0.000000900. The van der Waals surface area contributed by atoms with Crippen LogP contribution >= 0.6 is 0 Å². The fourth-order valence-corrected chi connectivity index (χ4v) is 4.12. The van der Waals surface area contributed by atoms with Gasteiger partial charge in [-0.25, -0.2) is 65.9 Å². The molecule has 0 saturated heterocycles. The van der Waals surface area contributed by atoms with Gasteiger partial charge in [-0.2, -0.15) is 0 Å². The summed E-state index contributed by atoms with van der Waals surface area (Å²) in [4.78, 5) is 2.38. The van der Waals surface area contributed by atoms with Crippen LogP contribution in [-0.4, -0.2) is 41.9 Å². The zero-order valence-corrected chi connectivity index (χ0v) is 22.6. The Labute approximate surface area is 243 Å². The molecule has 20 heteroatoms. The largest absolute Gasteiger partial charge is 0.635 e. The van der Waals surface area contributed by atoms with Crippen LogP contribution in [0.4, 0.5) is 65.9 Å². The first-order chi connectivity index (χ1) is 20.8. The first-order valence-corrected chi connectivity index (χ1v) is 12.1. The number of halogens is 15. The van der Waals surface area contributed by atoms with Gasteiger partial charge in [0.1, 0.15) is 0 Å². The maximum atomic E-state index is 14.8. The summed E-state index contributed by atoms with van der Waals surface area (Å²) in [5, 5.41) is 18.4. The van der Waals surface area contributed by atoms with Crippen LogP contribution in [0.5, 0.6) is 0 Å². The van der Waals surface area contributed by atoms with Crippen molar-refractivity contribution in [2.24, 2.45) is 0 Å². The lowest BCUT2D eigenvalue weighted by Crippen LogP contribution is -2.45. The van der Waals surface area contributed by atoms with Crippen molar-refractivity contribution in [2.75, 3.05) is 19.6 Å². The van der Waals surface area contributed by atoms with Gasteiger partial charge in [0.25, 0.3) is 0 Å². The normalized spacial score (nSPS) is 11.7. The summed E-state index contributed by atoms with van der Waals surface area (Å²) in [7, 11) is -3.99. The second-order valence-electron chi connectivity index (χ2n) is 8.58. The molecule has 248 valence electrons. The van der Waals surface area contributed by atoms with Gasteiger partial charge in [-0.3, -0.25) is 0 Å². The summed E-state index contributed by atoms with van der Waals surface area (Å²) in [6.45, 7) is 10.1. The molecule has 0 atom stereocenters. The maximum Gasteiger partial charge on any atom is 0.635 e. The average molecular weight is 675 g/mol. The summed E-state index contributed by atoms with van der Waals surface area (Å²) < 4.78 is 218. The van der Waals surface area contributed by atoms with E-state index in [1.807, 2.05) is 0 Å². The minimum absolute atomic E-state index is 1.19. The van der Waals surface area contributed by atoms with Gasteiger partial charge >= 0.3 is 7.32 Å². The van der Waals surface area contributed by atoms with Gasteiger partial charge in [-0.05, 0) is 19.6 Å². The second-order valence-corrected chi connectivity index (χ2v) is 8.58. The standard InChI is InChI=1S/C19H2BF15O3.C6H15N/c21-4-1(5(22)11(28)16(33)10(4)27)19(38-20(36)37,2-6(23)12(29)17(34)13(30)7(2)24)3-8(25)14(31)18(35)15(32)9(3)26;1-4-7(5-2)6-3/h36-37H;4-6H2,1-3H3. The van der Waals surface area contributed by atoms with Gasteiger partial charge in [-0.1, -0.05) is 20.8 Å². The van der Waals surface area contributed by atoms with Crippen molar-refractivity contribution in [2.45, 2.75) is 26.4 Å². The van der Waals surface area contributed by atoms with Crippen LogP contribution in [0.1, 0.15) is 37.5 Å². The van der Waals surface area contributed by atoms with Crippen molar-refractivity contribution in [3.8, 4) is 0 Å². The lowest BCUT2D eigenvalue weighted by atomic mass is 9.76. The van der Waals surface area contributed by atoms with Crippen LogP contribution in [0, 0.1) is 87.3 Å². The molecule has 45 heavy (non-hydrogen) atoms. The van der Waals surface area contributed by atoms with Crippen molar-refractivity contribution >= 4 is 7.32 Å². The molecule has 0 aliphatic carbocycles. The molecule has 0 unspecified atom stereocenters. The number of benzene rings is 3. The van der Waals surface area contributed by atoms with E-state index in [9.17, 15) is 75.9 Å². The highest BCUT2D eigenvalue weighted by Gasteiger charge is 2.56. The van der Waals surface area contributed by atoms with Gasteiger partial charge < -0.3 is 19.6 Å². The molecular formula is C25H17BF15NO3. The van der Waals surface area contributed by atoms with Crippen molar-refractivity contribution < 1.29 is 80.6 Å². The predicted molar refractivity (Wildman–Crippen MR) is 123 cm³/mol. The summed E-state index contributed by atoms with van der Waals surface area (Å²) >= 11 is 0. The van der Waals surface area contributed by atoms with E-state index >= 15 is 0 Å². The van der Waals surface area contributed by atoms with E-state index in [4.69, 9.17) is 0 Å². The topological polar surface area (TPSA) is 52.9 Å².